The van der Waals surface area contributed by atoms with Gasteiger partial charge in [-0.2, -0.15) is 0 Å². The Labute approximate surface area is 237 Å². The minimum absolute atomic E-state index is 0.233. The molecule has 4 aromatic rings. The standard InChI is InChI=1S/C29H34ClN7O3/c1-17-6-8-18(9-7-17)16-37-26-21(33-28(37)36-10-3-11-39-24-5-2-4-23(24)36)13-22(27-34-29(38)40-35-27)32-25(26)19-12-20(30)15-31-14-19/h12-15,17-18,23-24H,2-11,16H2,1H3,(H,34,35,38)/t17-,18-,23?,24?. The molecule has 5 heterocycles. The summed E-state index contributed by atoms with van der Waals surface area (Å²) in [6.45, 7) is 4.91. The van der Waals surface area contributed by atoms with Crippen molar-refractivity contribution in [3.63, 3.8) is 0 Å². The number of imidazole rings is 1. The third-order valence-corrected chi connectivity index (χ3v) is 9.10. The molecule has 0 spiro atoms. The predicted octanol–water partition coefficient (Wildman–Crippen LogP) is 5.46. The van der Waals surface area contributed by atoms with E-state index in [9.17, 15) is 4.79 Å². The number of H-pyrrole nitrogens is 1. The van der Waals surface area contributed by atoms with Gasteiger partial charge in [0, 0.05) is 37.7 Å². The maximum atomic E-state index is 11.8. The highest BCUT2D eigenvalue weighted by molar-refractivity contribution is 6.30. The van der Waals surface area contributed by atoms with Gasteiger partial charge in [-0.1, -0.05) is 36.5 Å². The first-order valence-electron chi connectivity index (χ1n) is 14.5. The van der Waals surface area contributed by atoms with Crippen LogP contribution in [-0.2, 0) is 11.3 Å². The van der Waals surface area contributed by atoms with Crippen LogP contribution >= 0.6 is 11.6 Å². The van der Waals surface area contributed by atoms with E-state index < -0.39 is 5.76 Å². The molecule has 3 aliphatic rings. The summed E-state index contributed by atoms with van der Waals surface area (Å²) in [7, 11) is 0. The number of aromatic nitrogens is 6. The van der Waals surface area contributed by atoms with Crippen molar-refractivity contribution in [3.05, 3.63) is 40.1 Å². The van der Waals surface area contributed by atoms with Gasteiger partial charge in [0.25, 0.3) is 0 Å². The van der Waals surface area contributed by atoms with E-state index in [2.05, 4.69) is 31.5 Å². The molecule has 3 fully saturated rings. The molecule has 1 N–H and O–H groups in total. The number of hydrogen-bond acceptors (Lipinski definition) is 8. The smallest absolute Gasteiger partial charge is 0.376 e. The van der Waals surface area contributed by atoms with Crippen LogP contribution in [0.1, 0.15) is 58.3 Å². The van der Waals surface area contributed by atoms with E-state index >= 15 is 0 Å². The Morgan fingerprint density at radius 1 is 1.07 bits per heavy atom. The van der Waals surface area contributed by atoms with Crippen LogP contribution in [0.3, 0.4) is 0 Å². The van der Waals surface area contributed by atoms with Crippen LogP contribution in [0.4, 0.5) is 5.95 Å². The minimum atomic E-state index is -0.627. The molecular weight excluding hydrogens is 530 g/mol. The summed E-state index contributed by atoms with van der Waals surface area (Å²) < 4.78 is 13.5. The summed E-state index contributed by atoms with van der Waals surface area (Å²) in [4.78, 5) is 31.6. The number of ether oxygens (including phenoxy) is 1. The number of nitrogens with zero attached hydrogens (tertiary/aromatic N) is 6. The van der Waals surface area contributed by atoms with Crippen LogP contribution in [0.2, 0.25) is 5.02 Å². The Bertz CT molecular complexity index is 1570. The molecule has 0 radical (unpaired) electrons. The van der Waals surface area contributed by atoms with Gasteiger partial charge in [0.1, 0.15) is 5.69 Å². The maximum absolute atomic E-state index is 11.8. The van der Waals surface area contributed by atoms with Gasteiger partial charge >= 0.3 is 5.76 Å². The highest BCUT2D eigenvalue weighted by Gasteiger charge is 2.37. The summed E-state index contributed by atoms with van der Waals surface area (Å²) >= 11 is 6.41. The third kappa shape index (κ3) is 4.81. The molecule has 2 aliphatic carbocycles. The number of rotatable bonds is 5. The first-order chi connectivity index (χ1) is 19.5. The monoisotopic (exact) mass is 563 g/mol. The fraction of sp³-hybridized carbons (Fsp3) is 0.552. The minimum Gasteiger partial charge on any atom is -0.376 e. The van der Waals surface area contributed by atoms with Crippen molar-refractivity contribution in [1.29, 1.82) is 0 Å². The highest BCUT2D eigenvalue weighted by Crippen LogP contribution is 2.39. The molecule has 210 valence electrons. The zero-order valence-electron chi connectivity index (χ0n) is 22.7. The Hall–Kier alpha value is -3.24. The van der Waals surface area contributed by atoms with Crippen molar-refractivity contribution in [3.8, 4) is 22.8 Å². The molecule has 4 aromatic heterocycles. The Balaban J connectivity index is 1.45. The van der Waals surface area contributed by atoms with Crippen LogP contribution in [0, 0.1) is 11.8 Å². The van der Waals surface area contributed by atoms with Crippen LogP contribution in [0.5, 0.6) is 0 Å². The zero-order chi connectivity index (χ0) is 27.2. The number of halogens is 1. The number of pyridine rings is 2. The van der Waals surface area contributed by atoms with Crippen molar-refractivity contribution in [2.75, 3.05) is 18.1 Å². The highest BCUT2D eigenvalue weighted by atomic mass is 35.5. The van der Waals surface area contributed by atoms with Crippen molar-refractivity contribution in [1.82, 2.24) is 29.7 Å². The molecule has 11 heteroatoms. The van der Waals surface area contributed by atoms with Gasteiger partial charge in [0.15, 0.2) is 0 Å². The number of aromatic amines is 1. The van der Waals surface area contributed by atoms with E-state index in [-0.39, 0.29) is 11.9 Å². The summed E-state index contributed by atoms with van der Waals surface area (Å²) in [5.41, 5.74) is 3.72. The fourth-order valence-corrected chi connectivity index (χ4v) is 7.03. The van der Waals surface area contributed by atoms with Gasteiger partial charge in [-0.3, -0.25) is 14.5 Å². The van der Waals surface area contributed by atoms with Gasteiger partial charge in [-0.05, 0) is 62.5 Å². The van der Waals surface area contributed by atoms with E-state index in [0.717, 1.165) is 73.8 Å². The SMILES string of the molecule is C[C@H]1CC[C@H](Cn2c(N3CCCOC4CCCC43)nc3cc(-c4noc(=O)[nH]4)nc(-c4cncc(Cl)c4)c32)CC1. The largest absolute Gasteiger partial charge is 0.439 e. The van der Waals surface area contributed by atoms with Crippen LogP contribution in [0.15, 0.2) is 33.8 Å². The molecule has 2 saturated carbocycles. The van der Waals surface area contributed by atoms with Gasteiger partial charge < -0.3 is 14.2 Å². The van der Waals surface area contributed by atoms with E-state index in [0.29, 0.717) is 28.4 Å². The molecule has 40 heavy (non-hydrogen) atoms. The van der Waals surface area contributed by atoms with Crippen molar-refractivity contribution in [2.45, 2.75) is 77.0 Å². The topological polar surface area (TPSA) is 115 Å². The lowest BCUT2D eigenvalue weighted by Crippen LogP contribution is -2.41. The van der Waals surface area contributed by atoms with Gasteiger partial charge in [0.2, 0.25) is 11.8 Å². The quantitative estimate of drug-likeness (QED) is 0.340. The lowest BCUT2D eigenvalue weighted by Gasteiger charge is -2.33. The lowest BCUT2D eigenvalue weighted by molar-refractivity contribution is 0.0589. The number of fused-ring (bicyclic) bond motifs is 2. The van der Waals surface area contributed by atoms with Crippen LogP contribution in [0.25, 0.3) is 33.8 Å². The van der Waals surface area contributed by atoms with Crippen LogP contribution in [-0.4, -0.2) is 55.0 Å². The van der Waals surface area contributed by atoms with E-state index in [1.807, 2.05) is 12.1 Å². The average molecular weight is 564 g/mol. The average Bonchev–Trinajstić information content (AvgIpc) is 3.66. The molecule has 2 unspecified atom stereocenters. The number of hydrogen-bond donors (Lipinski definition) is 1. The molecule has 0 bridgehead atoms. The molecule has 0 amide bonds. The second kappa shape index (κ2) is 10.6. The summed E-state index contributed by atoms with van der Waals surface area (Å²) in [5, 5.41) is 4.44. The first kappa shape index (κ1) is 25.7. The first-order valence-corrected chi connectivity index (χ1v) is 14.9. The Morgan fingerprint density at radius 3 is 2.75 bits per heavy atom. The Kier molecular flexibility index (Phi) is 6.83. The van der Waals surface area contributed by atoms with E-state index in [1.54, 1.807) is 12.4 Å². The molecule has 10 nitrogen and oxygen atoms in total. The predicted molar refractivity (Wildman–Crippen MR) is 152 cm³/mol. The molecule has 0 aromatic carbocycles. The summed E-state index contributed by atoms with van der Waals surface area (Å²) in [6, 6.07) is 4.08. The van der Waals surface area contributed by atoms with Crippen molar-refractivity contribution in [2.24, 2.45) is 11.8 Å². The molecular formula is C29H34ClN7O3. The van der Waals surface area contributed by atoms with Crippen molar-refractivity contribution >= 4 is 28.6 Å². The molecule has 1 saturated heterocycles. The molecule has 7 rings (SSSR count). The van der Waals surface area contributed by atoms with Gasteiger partial charge in [0.05, 0.1) is 33.9 Å². The van der Waals surface area contributed by atoms with E-state index in [4.69, 9.17) is 30.8 Å². The third-order valence-electron chi connectivity index (χ3n) is 8.89. The lowest BCUT2D eigenvalue weighted by atomic mass is 9.83. The van der Waals surface area contributed by atoms with Gasteiger partial charge in [-0.15, -0.1) is 0 Å². The number of nitrogens with one attached hydrogen (secondary N) is 1. The van der Waals surface area contributed by atoms with Gasteiger partial charge in [-0.25, -0.2) is 14.8 Å². The van der Waals surface area contributed by atoms with Crippen LogP contribution < -0.4 is 10.7 Å². The summed E-state index contributed by atoms with van der Waals surface area (Å²) in [5.74, 6) is 1.95. The second-order valence-corrected chi connectivity index (χ2v) is 12.1. The normalized spacial score (nSPS) is 25.3. The maximum Gasteiger partial charge on any atom is 0.439 e. The number of anilines is 1. The summed E-state index contributed by atoms with van der Waals surface area (Å²) in [6.07, 6.45) is 12.9. The molecule has 2 atom stereocenters. The Morgan fingerprint density at radius 2 is 1.95 bits per heavy atom. The fourth-order valence-electron chi connectivity index (χ4n) is 6.85. The second-order valence-electron chi connectivity index (χ2n) is 11.7. The zero-order valence-corrected chi connectivity index (χ0v) is 23.4. The van der Waals surface area contributed by atoms with Crippen molar-refractivity contribution < 1.29 is 9.26 Å². The molecule has 1 aliphatic heterocycles. The van der Waals surface area contributed by atoms with E-state index in [1.165, 1.54) is 25.7 Å².